The van der Waals surface area contributed by atoms with Gasteiger partial charge in [-0.15, -0.1) is 0 Å². The second-order valence-corrected chi connectivity index (χ2v) is 3.00. The van der Waals surface area contributed by atoms with E-state index in [0.29, 0.717) is 18.4 Å². The van der Waals surface area contributed by atoms with E-state index < -0.39 is 5.97 Å². The minimum Gasteiger partial charge on any atom is -0.515 e. The number of aliphatic hydroxyl groups excluding tert-OH is 1. The molecule has 0 aromatic heterocycles. The SMILES string of the molecule is C/C(=C\O)C1=CC=C(C(=O)O)CC1. The molecule has 0 spiro atoms. The normalized spacial score (nSPS) is 17.8. The molecule has 0 aliphatic heterocycles. The van der Waals surface area contributed by atoms with Crippen LogP contribution < -0.4 is 0 Å². The number of hydrogen-bond donors (Lipinski definition) is 2. The van der Waals surface area contributed by atoms with Crippen LogP contribution in [0.1, 0.15) is 19.8 Å². The minimum atomic E-state index is -0.860. The molecule has 0 aromatic rings. The lowest BCUT2D eigenvalue weighted by Crippen LogP contribution is -2.04. The van der Waals surface area contributed by atoms with Gasteiger partial charge in [-0.3, -0.25) is 0 Å². The summed E-state index contributed by atoms with van der Waals surface area (Å²) in [6.07, 6.45) is 5.60. The van der Waals surface area contributed by atoms with Gasteiger partial charge in [-0.25, -0.2) is 4.79 Å². The van der Waals surface area contributed by atoms with Crippen LogP contribution in [0, 0.1) is 0 Å². The highest BCUT2D eigenvalue weighted by Crippen LogP contribution is 2.23. The van der Waals surface area contributed by atoms with Crippen LogP contribution in [-0.4, -0.2) is 16.2 Å². The first-order chi connectivity index (χ1) is 6.15. The molecule has 70 valence electrons. The number of hydrogen-bond acceptors (Lipinski definition) is 2. The third kappa shape index (κ3) is 2.21. The van der Waals surface area contributed by atoms with Gasteiger partial charge in [0.05, 0.1) is 6.26 Å². The number of rotatable bonds is 2. The molecule has 0 saturated heterocycles. The van der Waals surface area contributed by atoms with Crippen LogP contribution in [0.2, 0.25) is 0 Å². The molecule has 0 saturated carbocycles. The summed E-state index contributed by atoms with van der Waals surface area (Å²) in [5.74, 6) is -0.860. The van der Waals surface area contributed by atoms with Crippen LogP contribution in [0.25, 0.3) is 0 Å². The van der Waals surface area contributed by atoms with Crippen molar-refractivity contribution in [2.75, 3.05) is 0 Å². The predicted molar refractivity (Wildman–Crippen MR) is 49.4 cm³/mol. The molecule has 0 heterocycles. The van der Waals surface area contributed by atoms with E-state index in [-0.39, 0.29) is 0 Å². The standard InChI is InChI=1S/C10H12O3/c1-7(6-11)8-2-4-9(5-3-8)10(12)13/h2,4,6,11H,3,5H2,1H3,(H,12,13)/b7-6+. The third-order valence-corrected chi connectivity index (χ3v) is 2.12. The van der Waals surface area contributed by atoms with Crippen molar-refractivity contribution in [1.82, 2.24) is 0 Å². The Morgan fingerprint density at radius 2 is 1.92 bits per heavy atom. The highest BCUT2D eigenvalue weighted by Gasteiger charge is 2.12. The maximum absolute atomic E-state index is 10.5. The zero-order valence-electron chi connectivity index (χ0n) is 7.45. The van der Waals surface area contributed by atoms with Gasteiger partial charge in [-0.1, -0.05) is 12.2 Å². The van der Waals surface area contributed by atoms with Crippen LogP contribution in [0.3, 0.4) is 0 Å². The Bertz CT molecular complexity index is 308. The molecule has 0 bridgehead atoms. The number of carboxylic acid groups (broad SMARTS) is 1. The van der Waals surface area contributed by atoms with Crippen LogP contribution in [0.4, 0.5) is 0 Å². The summed E-state index contributed by atoms with van der Waals surface area (Å²) in [5.41, 5.74) is 2.21. The Balaban J connectivity index is 2.82. The van der Waals surface area contributed by atoms with E-state index in [4.69, 9.17) is 10.2 Å². The van der Waals surface area contributed by atoms with Gasteiger partial charge >= 0.3 is 5.97 Å². The molecule has 0 fully saturated rings. The van der Waals surface area contributed by atoms with Crippen LogP contribution >= 0.6 is 0 Å². The molecule has 1 rings (SSSR count). The van der Waals surface area contributed by atoms with E-state index >= 15 is 0 Å². The molecular formula is C10H12O3. The fourth-order valence-electron chi connectivity index (χ4n) is 1.23. The lowest BCUT2D eigenvalue weighted by molar-refractivity contribution is -0.132. The summed E-state index contributed by atoms with van der Waals surface area (Å²) in [4.78, 5) is 10.5. The Morgan fingerprint density at radius 1 is 1.38 bits per heavy atom. The molecule has 1 aliphatic rings. The number of carboxylic acids is 1. The molecule has 3 nitrogen and oxygen atoms in total. The fraction of sp³-hybridized carbons (Fsp3) is 0.300. The van der Waals surface area contributed by atoms with Crippen molar-refractivity contribution in [2.45, 2.75) is 19.8 Å². The summed E-state index contributed by atoms with van der Waals surface area (Å²) in [5, 5.41) is 17.4. The van der Waals surface area contributed by atoms with Gasteiger partial charge in [0, 0.05) is 5.57 Å². The van der Waals surface area contributed by atoms with Crippen molar-refractivity contribution < 1.29 is 15.0 Å². The van der Waals surface area contributed by atoms with Gasteiger partial charge in [0.1, 0.15) is 0 Å². The highest BCUT2D eigenvalue weighted by molar-refractivity contribution is 5.87. The fourth-order valence-corrected chi connectivity index (χ4v) is 1.23. The first kappa shape index (κ1) is 9.58. The van der Waals surface area contributed by atoms with E-state index in [1.807, 2.05) is 0 Å². The van der Waals surface area contributed by atoms with E-state index in [0.717, 1.165) is 17.4 Å². The summed E-state index contributed by atoms with van der Waals surface area (Å²) in [7, 11) is 0. The quantitative estimate of drug-likeness (QED) is 0.640. The van der Waals surface area contributed by atoms with E-state index in [1.54, 1.807) is 19.1 Å². The average molecular weight is 180 g/mol. The van der Waals surface area contributed by atoms with Crippen molar-refractivity contribution in [3.05, 3.63) is 35.1 Å². The maximum Gasteiger partial charge on any atom is 0.331 e. The van der Waals surface area contributed by atoms with Crippen molar-refractivity contribution in [2.24, 2.45) is 0 Å². The first-order valence-electron chi connectivity index (χ1n) is 4.09. The zero-order valence-corrected chi connectivity index (χ0v) is 7.45. The van der Waals surface area contributed by atoms with E-state index in [9.17, 15) is 4.79 Å². The molecule has 2 N–H and O–H groups in total. The van der Waals surface area contributed by atoms with Crippen LogP contribution in [0.5, 0.6) is 0 Å². The highest BCUT2D eigenvalue weighted by atomic mass is 16.4. The van der Waals surface area contributed by atoms with E-state index in [1.165, 1.54) is 0 Å². The van der Waals surface area contributed by atoms with Crippen molar-refractivity contribution in [1.29, 1.82) is 0 Å². The van der Waals surface area contributed by atoms with Gasteiger partial charge in [0.15, 0.2) is 0 Å². The third-order valence-electron chi connectivity index (χ3n) is 2.12. The molecule has 0 amide bonds. The van der Waals surface area contributed by atoms with Crippen molar-refractivity contribution in [3.8, 4) is 0 Å². The summed E-state index contributed by atoms with van der Waals surface area (Å²) in [6.45, 7) is 1.80. The Morgan fingerprint density at radius 3 is 2.31 bits per heavy atom. The number of carbonyl (C=O) groups is 1. The summed E-state index contributed by atoms with van der Waals surface area (Å²) >= 11 is 0. The second kappa shape index (κ2) is 3.94. The van der Waals surface area contributed by atoms with Gasteiger partial charge in [0.25, 0.3) is 0 Å². The lowest BCUT2D eigenvalue weighted by Gasteiger charge is -2.11. The van der Waals surface area contributed by atoms with Crippen molar-refractivity contribution in [3.63, 3.8) is 0 Å². The molecule has 0 atom stereocenters. The number of aliphatic carboxylic acids is 1. The van der Waals surface area contributed by atoms with E-state index in [2.05, 4.69) is 0 Å². The van der Waals surface area contributed by atoms with Crippen LogP contribution in [-0.2, 0) is 4.79 Å². The van der Waals surface area contributed by atoms with Gasteiger partial charge in [-0.05, 0) is 30.9 Å². The average Bonchev–Trinajstić information content (AvgIpc) is 2.17. The molecule has 13 heavy (non-hydrogen) atoms. The first-order valence-corrected chi connectivity index (χ1v) is 4.09. The summed E-state index contributed by atoms with van der Waals surface area (Å²) in [6, 6.07) is 0. The molecule has 1 aliphatic carbocycles. The maximum atomic E-state index is 10.5. The number of aliphatic hydroxyl groups is 1. The molecule has 0 aromatic carbocycles. The molecular weight excluding hydrogens is 168 g/mol. The Labute approximate surface area is 76.7 Å². The lowest BCUT2D eigenvalue weighted by atomic mass is 9.94. The minimum absolute atomic E-state index is 0.425. The topological polar surface area (TPSA) is 57.5 Å². The van der Waals surface area contributed by atoms with Gasteiger partial charge < -0.3 is 10.2 Å². The van der Waals surface area contributed by atoms with Gasteiger partial charge in [0.2, 0.25) is 0 Å². The zero-order chi connectivity index (χ0) is 9.84. The van der Waals surface area contributed by atoms with Crippen LogP contribution in [0.15, 0.2) is 35.1 Å². The Hall–Kier alpha value is -1.51. The van der Waals surface area contributed by atoms with Gasteiger partial charge in [-0.2, -0.15) is 0 Å². The summed E-state index contributed by atoms with van der Waals surface area (Å²) < 4.78 is 0. The van der Waals surface area contributed by atoms with Crippen molar-refractivity contribution >= 4 is 5.97 Å². The second-order valence-electron chi connectivity index (χ2n) is 3.00. The molecule has 3 heteroatoms. The number of allylic oxidation sites excluding steroid dienone is 4. The largest absolute Gasteiger partial charge is 0.515 e. The predicted octanol–water partition coefficient (Wildman–Crippen LogP) is 2.18. The molecule has 0 unspecified atom stereocenters. The molecule has 0 radical (unpaired) electrons. The Kier molecular flexibility index (Phi) is 2.90. The smallest absolute Gasteiger partial charge is 0.331 e. The monoisotopic (exact) mass is 180 g/mol.